The molecule has 1 aromatic carbocycles. The third kappa shape index (κ3) is 3.44. The maximum atomic E-state index is 12.4. The maximum absolute atomic E-state index is 12.4. The van der Waals surface area contributed by atoms with Gasteiger partial charge in [0.1, 0.15) is 0 Å². The van der Waals surface area contributed by atoms with E-state index in [9.17, 15) is 9.59 Å². The highest BCUT2D eigenvalue weighted by Gasteiger charge is 2.51. The molecule has 0 atom stereocenters. The molecule has 4 fully saturated rings. The second-order valence-electron chi connectivity index (χ2n) is 8.04. The summed E-state index contributed by atoms with van der Waals surface area (Å²) in [5, 5.41) is 3.55. The van der Waals surface area contributed by atoms with Crippen molar-refractivity contribution in [2.75, 3.05) is 6.61 Å². The number of rotatable bonds is 4. The molecule has 1 N–H and O–H groups in total. The van der Waals surface area contributed by atoms with Gasteiger partial charge in [0.2, 0.25) is 0 Å². The molecule has 0 saturated heterocycles. The quantitative estimate of drug-likeness (QED) is 0.561. The monoisotopic (exact) mass is 415 g/mol. The fraction of sp³-hybridized carbons (Fsp3) is 0.579. The third-order valence-electron chi connectivity index (χ3n) is 6.03. The molecule has 4 aliphatic carbocycles. The second-order valence-corrected chi connectivity index (χ2v) is 9.23. The Labute approximate surface area is 167 Å². The molecule has 4 aliphatic rings. The molecule has 1 amide bonds. The van der Waals surface area contributed by atoms with Gasteiger partial charge in [0.15, 0.2) is 6.61 Å². The summed E-state index contributed by atoms with van der Waals surface area (Å²) in [4.78, 5) is 24.7. The Hall–Kier alpha value is -0.970. The molecular weight excluding hydrogens is 397 g/mol. The predicted molar refractivity (Wildman–Crippen MR) is 101 cm³/mol. The van der Waals surface area contributed by atoms with Gasteiger partial charge in [-0.25, -0.2) is 4.79 Å². The number of ether oxygens (including phenoxy) is 1. The molecule has 0 aromatic heterocycles. The van der Waals surface area contributed by atoms with E-state index in [1.165, 1.54) is 31.4 Å². The van der Waals surface area contributed by atoms with E-state index < -0.39 is 5.97 Å². The first-order valence-corrected chi connectivity index (χ1v) is 10.1. The summed E-state index contributed by atoms with van der Waals surface area (Å²) >= 11 is 18.0. The van der Waals surface area contributed by atoms with Crippen LogP contribution in [0.15, 0.2) is 12.1 Å². The highest BCUT2D eigenvalue weighted by molar-refractivity contribution is 6.46. The summed E-state index contributed by atoms with van der Waals surface area (Å²) in [6.45, 7) is -0.347. The number of amides is 1. The van der Waals surface area contributed by atoms with Crippen molar-refractivity contribution < 1.29 is 14.3 Å². The van der Waals surface area contributed by atoms with Gasteiger partial charge in [-0.15, -0.1) is 0 Å². The molecule has 4 bridgehead atoms. The van der Waals surface area contributed by atoms with Crippen molar-refractivity contribution in [1.29, 1.82) is 0 Å². The van der Waals surface area contributed by atoms with Gasteiger partial charge in [-0.3, -0.25) is 4.79 Å². The normalized spacial score (nSPS) is 31.7. The average Bonchev–Trinajstić information content (AvgIpc) is 2.55. The fourth-order valence-corrected chi connectivity index (χ4v) is 6.20. The maximum Gasteiger partial charge on any atom is 0.341 e. The second kappa shape index (κ2) is 6.88. The number of halogens is 3. The van der Waals surface area contributed by atoms with Crippen molar-refractivity contribution in [2.24, 2.45) is 17.8 Å². The molecule has 4 saturated carbocycles. The molecule has 0 heterocycles. The average molecular weight is 417 g/mol. The first-order chi connectivity index (χ1) is 12.3. The summed E-state index contributed by atoms with van der Waals surface area (Å²) in [5.74, 6) is 1.17. The summed E-state index contributed by atoms with van der Waals surface area (Å²) in [6, 6.07) is 2.98. The van der Waals surface area contributed by atoms with E-state index in [1.54, 1.807) is 0 Å². The van der Waals surface area contributed by atoms with E-state index in [0.717, 1.165) is 37.0 Å². The van der Waals surface area contributed by atoms with Crippen molar-refractivity contribution in [3.8, 4) is 0 Å². The Bertz CT molecular complexity index is 729. The molecular formula is C19H20Cl3NO3. The first kappa shape index (κ1) is 18.4. The zero-order chi connectivity index (χ0) is 18.5. The van der Waals surface area contributed by atoms with Gasteiger partial charge in [-0.2, -0.15) is 0 Å². The van der Waals surface area contributed by atoms with Crippen LogP contribution in [0.2, 0.25) is 15.1 Å². The number of carbonyl (C=O) groups excluding carboxylic acids is 2. The van der Waals surface area contributed by atoms with Crippen molar-refractivity contribution in [1.82, 2.24) is 5.32 Å². The topological polar surface area (TPSA) is 55.4 Å². The molecule has 5 rings (SSSR count). The van der Waals surface area contributed by atoms with E-state index in [4.69, 9.17) is 39.5 Å². The predicted octanol–water partition coefficient (Wildman–Crippen LogP) is 4.89. The summed E-state index contributed by atoms with van der Waals surface area (Å²) < 4.78 is 5.14. The standard InChI is InChI=1S/C19H20Cl3NO3/c20-13-1-2-14(21)17(22)16(13)18(25)26-9-15(24)23-19-6-10-3-11(7-19)5-12(4-10)8-19/h1-2,10-12H,3-9H2,(H,23,24). The molecule has 1 aromatic rings. The lowest BCUT2D eigenvalue weighted by Crippen LogP contribution is -2.60. The summed E-state index contributed by atoms with van der Waals surface area (Å²) in [5.41, 5.74) is -0.118. The van der Waals surface area contributed by atoms with Gasteiger partial charge < -0.3 is 10.1 Å². The first-order valence-electron chi connectivity index (χ1n) is 8.97. The van der Waals surface area contributed by atoms with Crippen LogP contribution in [0.25, 0.3) is 0 Å². The number of hydrogen-bond acceptors (Lipinski definition) is 3. The molecule has 26 heavy (non-hydrogen) atoms. The van der Waals surface area contributed by atoms with Crippen molar-refractivity contribution >= 4 is 46.7 Å². The number of benzene rings is 1. The molecule has 140 valence electrons. The van der Waals surface area contributed by atoms with Gasteiger partial charge in [0.05, 0.1) is 20.6 Å². The van der Waals surface area contributed by atoms with Gasteiger partial charge in [0.25, 0.3) is 5.91 Å². The van der Waals surface area contributed by atoms with Crippen LogP contribution in [-0.4, -0.2) is 24.0 Å². The zero-order valence-corrected chi connectivity index (χ0v) is 16.5. The molecule has 7 heteroatoms. The highest BCUT2D eigenvalue weighted by atomic mass is 35.5. The molecule has 0 aliphatic heterocycles. The van der Waals surface area contributed by atoms with Gasteiger partial charge in [0, 0.05) is 5.54 Å². The smallest absolute Gasteiger partial charge is 0.341 e. The minimum absolute atomic E-state index is 0.0107. The molecule has 0 unspecified atom stereocenters. The van der Waals surface area contributed by atoms with Crippen LogP contribution in [0.5, 0.6) is 0 Å². The van der Waals surface area contributed by atoms with Crippen LogP contribution in [0.4, 0.5) is 0 Å². The minimum Gasteiger partial charge on any atom is -0.452 e. The Kier molecular flexibility index (Phi) is 4.87. The van der Waals surface area contributed by atoms with E-state index in [0.29, 0.717) is 0 Å². The van der Waals surface area contributed by atoms with Crippen molar-refractivity contribution in [3.05, 3.63) is 32.8 Å². The number of carbonyl (C=O) groups is 2. The van der Waals surface area contributed by atoms with E-state index >= 15 is 0 Å². The summed E-state index contributed by atoms with van der Waals surface area (Å²) in [6.07, 6.45) is 7.04. The van der Waals surface area contributed by atoms with Gasteiger partial charge in [-0.05, 0) is 68.4 Å². The van der Waals surface area contributed by atoms with E-state index in [-0.39, 0.29) is 38.7 Å². The molecule has 0 radical (unpaired) electrons. The highest BCUT2D eigenvalue weighted by Crippen LogP contribution is 2.55. The largest absolute Gasteiger partial charge is 0.452 e. The van der Waals surface area contributed by atoms with Crippen LogP contribution < -0.4 is 5.32 Å². The fourth-order valence-electron chi connectivity index (χ4n) is 5.51. The Balaban J connectivity index is 1.38. The van der Waals surface area contributed by atoms with Crippen LogP contribution in [0, 0.1) is 17.8 Å². The summed E-state index contributed by atoms with van der Waals surface area (Å²) in [7, 11) is 0. The Morgan fingerprint density at radius 3 is 2.12 bits per heavy atom. The van der Waals surface area contributed by atoms with Gasteiger partial charge in [-0.1, -0.05) is 34.8 Å². The lowest BCUT2D eigenvalue weighted by molar-refractivity contribution is -0.130. The van der Waals surface area contributed by atoms with Crippen LogP contribution in [-0.2, 0) is 9.53 Å². The Morgan fingerprint density at radius 2 is 1.54 bits per heavy atom. The minimum atomic E-state index is -0.747. The van der Waals surface area contributed by atoms with Gasteiger partial charge >= 0.3 is 5.97 Å². The SMILES string of the molecule is O=C(COC(=O)c1c(Cl)ccc(Cl)c1Cl)NC12CC3CC(CC(C3)C1)C2. The van der Waals surface area contributed by atoms with Crippen molar-refractivity contribution in [3.63, 3.8) is 0 Å². The van der Waals surface area contributed by atoms with Crippen LogP contribution >= 0.6 is 34.8 Å². The number of hydrogen-bond donors (Lipinski definition) is 1. The van der Waals surface area contributed by atoms with Crippen molar-refractivity contribution in [2.45, 2.75) is 44.1 Å². The number of esters is 1. The van der Waals surface area contributed by atoms with Crippen LogP contribution in [0.3, 0.4) is 0 Å². The lowest BCUT2D eigenvalue weighted by Gasteiger charge is -2.56. The number of nitrogens with one attached hydrogen (secondary N) is 1. The van der Waals surface area contributed by atoms with Crippen LogP contribution in [0.1, 0.15) is 48.9 Å². The van der Waals surface area contributed by atoms with E-state index in [2.05, 4.69) is 5.32 Å². The lowest BCUT2D eigenvalue weighted by atomic mass is 9.53. The zero-order valence-electron chi connectivity index (χ0n) is 14.2. The Morgan fingerprint density at radius 1 is 1.00 bits per heavy atom. The van der Waals surface area contributed by atoms with E-state index in [1.807, 2.05) is 0 Å². The third-order valence-corrected chi connectivity index (χ3v) is 7.14. The molecule has 0 spiro atoms. The molecule has 4 nitrogen and oxygen atoms in total.